The van der Waals surface area contributed by atoms with Crippen molar-refractivity contribution in [3.05, 3.63) is 53.3 Å². The number of nitrogens with one attached hydrogen (secondary N) is 2. The van der Waals surface area contributed by atoms with Crippen molar-refractivity contribution in [2.45, 2.75) is 44.4 Å². The number of aliphatic hydroxyl groups excluding tert-OH is 1. The number of anilines is 1. The zero-order valence-corrected chi connectivity index (χ0v) is 16.6. The zero-order chi connectivity index (χ0) is 20.3. The fraction of sp³-hybridized carbons (Fsp3) is 0.476. The normalized spacial score (nSPS) is 21.7. The second-order valence-electron chi connectivity index (χ2n) is 7.75. The number of benzene rings is 1. The monoisotopic (exact) mass is 397 g/mol. The van der Waals surface area contributed by atoms with Gasteiger partial charge in [0.15, 0.2) is 0 Å². The van der Waals surface area contributed by atoms with Crippen LogP contribution in [0, 0.1) is 0 Å². The molecular formula is C21H27N5O3. The molecule has 2 amide bonds. The summed E-state index contributed by atoms with van der Waals surface area (Å²) in [6.45, 7) is 3.88. The van der Waals surface area contributed by atoms with Crippen molar-refractivity contribution in [1.82, 2.24) is 20.2 Å². The predicted molar refractivity (Wildman–Crippen MR) is 108 cm³/mol. The molecule has 154 valence electrons. The van der Waals surface area contributed by atoms with Crippen LogP contribution in [0.4, 0.5) is 10.7 Å². The van der Waals surface area contributed by atoms with Crippen molar-refractivity contribution in [3.8, 4) is 0 Å². The van der Waals surface area contributed by atoms with Gasteiger partial charge in [0.25, 0.3) is 0 Å². The number of carbonyl (C=O) groups is 1. The summed E-state index contributed by atoms with van der Waals surface area (Å²) in [6, 6.07) is 9.80. The van der Waals surface area contributed by atoms with Crippen molar-refractivity contribution in [1.29, 1.82) is 0 Å². The Morgan fingerprint density at radius 1 is 1.31 bits per heavy atom. The Hall–Kier alpha value is -2.71. The molecule has 1 aromatic carbocycles. The Morgan fingerprint density at radius 3 is 2.79 bits per heavy atom. The van der Waals surface area contributed by atoms with Gasteiger partial charge in [-0.15, -0.1) is 0 Å². The molecule has 0 radical (unpaired) electrons. The van der Waals surface area contributed by atoms with Crippen molar-refractivity contribution in [2.75, 3.05) is 25.1 Å². The molecule has 8 heteroatoms. The molecule has 3 heterocycles. The summed E-state index contributed by atoms with van der Waals surface area (Å²) in [5, 5.41) is 16.4. The van der Waals surface area contributed by atoms with E-state index in [0.29, 0.717) is 19.0 Å². The number of carbonyl (C=O) groups excluding carboxylic acids is 1. The van der Waals surface area contributed by atoms with Crippen LogP contribution < -0.4 is 10.6 Å². The first-order valence-corrected chi connectivity index (χ1v) is 10.0. The average molecular weight is 397 g/mol. The van der Waals surface area contributed by atoms with Gasteiger partial charge in [-0.1, -0.05) is 30.3 Å². The lowest BCUT2D eigenvalue weighted by Crippen LogP contribution is -2.49. The first-order valence-electron chi connectivity index (χ1n) is 10.0. The van der Waals surface area contributed by atoms with Crippen molar-refractivity contribution in [2.24, 2.45) is 0 Å². The summed E-state index contributed by atoms with van der Waals surface area (Å²) < 4.78 is 5.39. The lowest BCUT2D eigenvalue weighted by Gasteiger charge is -2.33. The number of nitrogens with zero attached hydrogens (tertiary/aromatic N) is 3. The molecule has 4 rings (SSSR count). The van der Waals surface area contributed by atoms with Gasteiger partial charge >= 0.3 is 6.03 Å². The predicted octanol–water partition coefficient (Wildman–Crippen LogP) is 2.00. The highest BCUT2D eigenvalue weighted by atomic mass is 16.5. The second kappa shape index (κ2) is 8.34. The maximum absolute atomic E-state index is 12.9. The van der Waals surface area contributed by atoms with Crippen LogP contribution in [0.3, 0.4) is 0 Å². The van der Waals surface area contributed by atoms with E-state index in [4.69, 9.17) is 4.74 Å². The molecule has 2 aliphatic rings. The van der Waals surface area contributed by atoms with Crippen LogP contribution in [-0.2, 0) is 23.4 Å². The standard InChI is InChI=1S/C21H27N5O3/c1-21(14-27)17-12-22-19(24-16-7-9-29-10-8-16)25-18(17)13-26(21)20(28)23-11-15-5-3-2-4-6-15/h2-6,12,16,27H,7-11,13-14H2,1H3,(H,23,28)(H,22,24,25). The van der Waals surface area contributed by atoms with Gasteiger partial charge in [0.05, 0.1) is 24.4 Å². The minimum Gasteiger partial charge on any atom is -0.394 e. The van der Waals surface area contributed by atoms with E-state index in [9.17, 15) is 9.90 Å². The highest BCUT2D eigenvalue weighted by Crippen LogP contribution is 2.38. The van der Waals surface area contributed by atoms with Gasteiger partial charge < -0.3 is 25.4 Å². The smallest absolute Gasteiger partial charge is 0.318 e. The number of urea groups is 1. The third-order valence-corrected chi connectivity index (χ3v) is 5.75. The summed E-state index contributed by atoms with van der Waals surface area (Å²) in [5.74, 6) is 0.558. The number of fused-ring (bicyclic) bond motifs is 1. The molecule has 1 fully saturated rings. The van der Waals surface area contributed by atoms with Crippen LogP contribution in [0.5, 0.6) is 0 Å². The first-order chi connectivity index (χ1) is 14.1. The summed E-state index contributed by atoms with van der Waals surface area (Å²) in [5.41, 5.74) is 1.71. The van der Waals surface area contributed by atoms with Crippen LogP contribution in [0.2, 0.25) is 0 Å². The molecular weight excluding hydrogens is 370 g/mol. The van der Waals surface area contributed by atoms with E-state index in [1.54, 1.807) is 11.1 Å². The van der Waals surface area contributed by atoms with E-state index >= 15 is 0 Å². The number of aliphatic hydroxyl groups is 1. The molecule has 0 saturated carbocycles. The fourth-order valence-electron chi connectivity index (χ4n) is 3.89. The molecule has 1 aromatic heterocycles. The number of rotatable bonds is 5. The topological polar surface area (TPSA) is 99.6 Å². The quantitative estimate of drug-likeness (QED) is 0.714. The van der Waals surface area contributed by atoms with Gasteiger partial charge in [-0.2, -0.15) is 0 Å². The highest BCUT2D eigenvalue weighted by Gasteiger charge is 2.45. The van der Waals surface area contributed by atoms with E-state index in [1.807, 2.05) is 37.3 Å². The summed E-state index contributed by atoms with van der Waals surface area (Å²) in [7, 11) is 0. The fourth-order valence-corrected chi connectivity index (χ4v) is 3.89. The highest BCUT2D eigenvalue weighted by molar-refractivity contribution is 5.76. The van der Waals surface area contributed by atoms with Crippen LogP contribution in [0.15, 0.2) is 36.5 Å². The Balaban J connectivity index is 1.48. The molecule has 3 N–H and O–H groups in total. The van der Waals surface area contributed by atoms with Crippen LogP contribution in [0.1, 0.15) is 36.6 Å². The number of hydrogen-bond acceptors (Lipinski definition) is 6. The van der Waals surface area contributed by atoms with E-state index in [1.165, 1.54) is 0 Å². The summed E-state index contributed by atoms with van der Waals surface area (Å²) >= 11 is 0. The summed E-state index contributed by atoms with van der Waals surface area (Å²) in [4.78, 5) is 23.6. The van der Waals surface area contributed by atoms with E-state index in [2.05, 4.69) is 20.6 Å². The molecule has 1 atom stereocenters. The number of aromatic nitrogens is 2. The minimum atomic E-state index is -0.854. The molecule has 0 bridgehead atoms. The molecule has 1 unspecified atom stereocenters. The maximum atomic E-state index is 12.9. The van der Waals surface area contributed by atoms with Crippen molar-refractivity contribution in [3.63, 3.8) is 0 Å². The molecule has 2 aliphatic heterocycles. The molecule has 2 aromatic rings. The molecule has 0 spiro atoms. The third kappa shape index (κ3) is 4.04. The van der Waals surface area contributed by atoms with Gasteiger partial charge in [0.1, 0.15) is 0 Å². The van der Waals surface area contributed by atoms with Crippen LogP contribution in [0.25, 0.3) is 0 Å². The van der Waals surface area contributed by atoms with Crippen molar-refractivity contribution >= 4 is 12.0 Å². The van der Waals surface area contributed by atoms with Gasteiger partial charge in [-0.05, 0) is 25.3 Å². The molecule has 29 heavy (non-hydrogen) atoms. The van der Waals surface area contributed by atoms with Gasteiger partial charge in [0, 0.05) is 37.6 Å². The first kappa shape index (κ1) is 19.6. The number of amides is 2. The van der Waals surface area contributed by atoms with E-state index in [0.717, 1.165) is 42.9 Å². The molecule has 8 nitrogen and oxygen atoms in total. The van der Waals surface area contributed by atoms with Crippen molar-refractivity contribution < 1.29 is 14.6 Å². The zero-order valence-electron chi connectivity index (χ0n) is 16.6. The Bertz CT molecular complexity index is 857. The van der Waals surface area contributed by atoms with Gasteiger partial charge in [0.2, 0.25) is 5.95 Å². The SMILES string of the molecule is CC1(CO)c2cnc(NC3CCOCC3)nc2CN1C(=O)NCc1ccccc1. The lowest BCUT2D eigenvalue weighted by molar-refractivity contribution is 0.0764. The van der Waals surface area contributed by atoms with Crippen LogP contribution >= 0.6 is 0 Å². The van der Waals surface area contributed by atoms with Gasteiger partial charge in [-0.3, -0.25) is 0 Å². The summed E-state index contributed by atoms with van der Waals surface area (Å²) in [6.07, 6.45) is 3.57. The number of hydrogen-bond donors (Lipinski definition) is 3. The molecule has 0 aliphatic carbocycles. The minimum absolute atomic E-state index is 0.200. The Kier molecular flexibility index (Phi) is 5.64. The average Bonchev–Trinajstić information content (AvgIpc) is 3.06. The number of ether oxygens (including phenoxy) is 1. The van der Waals surface area contributed by atoms with E-state index in [-0.39, 0.29) is 18.7 Å². The Morgan fingerprint density at radius 2 is 2.07 bits per heavy atom. The van der Waals surface area contributed by atoms with E-state index < -0.39 is 5.54 Å². The molecule has 1 saturated heterocycles. The maximum Gasteiger partial charge on any atom is 0.318 e. The van der Waals surface area contributed by atoms with Crippen LogP contribution in [-0.4, -0.2) is 51.9 Å². The van der Waals surface area contributed by atoms with Gasteiger partial charge in [-0.25, -0.2) is 14.8 Å². The second-order valence-corrected chi connectivity index (χ2v) is 7.75. The third-order valence-electron chi connectivity index (χ3n) is 5.75. The lowest BCUT2D eigenvalue weighted by atomic mass is 9.96. The largest absolute Gasteiger partial charge is 0.394 e. The Labute approximate surface area is 170 Å².